The van der Waals surface area contributed by atoms with Crippen LogP contribution in [0.15, 0.2) is 42.6 Å². The summed E-state index contributed by atoms with van der Waals surface area (Å²) in [6.45, 7) is 0. The van der Waals surface area contributed by atoms with Crippen LogP contribution in [0.3, 0.4) is 0 Å². The topological polar surface area (TPSA) is 32.9 Å². The lowest BCUT2D eigenvalue weighted by Crippen LogP contribution is -2.29. The van der Waals surface area contributed by atoms with Crippen molar-refractivity contribution in [2.75, 3.05) is 0 Å². The molecule has 0 aliphatic rings. The summed E-state index contributed by atoms with van der Waals surface area (Å²) in [6, 6.07) is 8.85. The number of Topliss-reactive ketones (excluding diaryl/α,β-unsaturated/α-hetero) is 1. The Balaban J connectivity index is 1.96. The number of hydrogen-bond acceptors (Lipinski definition) is 1. The molecule has 1 unspecified atom stereocenters. The van der Waals surface area contributed by atoms with Crippen LogP contribution in [0.1, 0.15) is 17.0 Å². The summed E-state index contributed by atoms with van der Waals surface area (Å²) >= 11 is 17.5. The van der Waals surface area contributed by atoms with Crippen molar-refractivity contribution in [1.29, 1.82) is 0 Å². The first-order valence-corrected chi connectivity index (χ1v) is 8.60. The van der Waals surface area contributed by atoms with Gasteiger partial charge in [-0.25, -0.2) is 0 Å². The van der Waals surface area contributed by atoms with Crippen molar-refractivity contribution in [2.45, 2.75) is 18.5 Å². The van der Waals surface area contributed by atoms with Crippen LogP contribution in [0.2, 0.25) is 15.1 Å². The van der Waals surface area contributed by atoms with Crippen molar-refractivity contribution < 1.29 is 18.0 Å². The lowest BCUT2D eigenvalue weighted by Gasteiger charge is -2.20. The second-order valence-electron chi connectivity index (χ2n) is 5.82. The van der Waals surface area contributed by atoms with Crippen LogP contribution in [-0.4, -0.2) is 16.9 Å². The molecule has 1 atom stereocenters. The minimum atomic E-state index is -4.78. The maximum atomic E-state index is 13.6. The molecule has 2 nitrogen and oxygen atoms in total. The molecule has 136 valence electrons. The molecule has 0 aliphatic heterocycles. The number of carbonyl (C=O) groups excluding carboxylic acids is 1. The zero-order valence-corrected chi connectivity index (χ0v) is 15.3. The number of nitrogens with one attached hydrogen (secondary N) is 1. The van der Waals surface area contributed by atoms with Gasteiger partial charge in [-0.05, 0) is 46.8 Å². The molecule has 0 aliphatic carbocycles. The van der Waals surface area contributed by atoms with Crippen molar-refractivity contribution in [3.8, 4) is 0 Å². The van der Waals surface area contributed by atoms with Gasteiger partial charge in [0.2, 0.25) is 0 Å². The number of rotatable bonds is 4. The van der Waals surface area contributed by atoms with E-state index in [0.29, 0.717) is 5.56 Å². The Labute approximate surface area is 161 Å². The van der Waals surface area contributed by atoms with Crippen molar-refractivity contribution in [2.24, 2.45) is 0 Å². The van der Waals surface area contributed by atoms with E-state index in [0.717, 1.165) is 23.0 Å². The first kappa shape index (κ1) is 19.1. The van der Waals surface area contributed by atoms with Gasteiger partial charge in [-0.3, -0.25) is 4.79 Å². The molecule has 0 saturated carbocycles. The Morgan fingerprint density at radius 1 is 1.04 bits per heavy atom. The zero-order valence-electron chi connectivity index (χ0n) is 13.0. The largest absolute Gasteiger partial charge is 0.402 e. The molecule has 0 spiro atoms. The number of aromatic nitrogens is 1. The predicted octanol–water partition coefficient (Wildman–Crippen LogP) is 6.59. The van der Waals surface area contributed by atoms with E-state index in [-0.39, 0.29) is 27.1 Å². The third kappa shape index (κ3) is 3.85. The number of ketones is 1. The van der Waals surface area contributed by atoms with Gasteiger partial charge in [0, 0.05) is 18.1 Å². The highest BCUT2D eigenvalue weighted by Gasteiger charge is 2.45. The summed E-state index contributed by atoms with van der Waals surface area (Å²) in [7, 11) is 0. The number of fused-ring (bicyclic) bond motifs is 1. The van der Waals surface area contributed by atoms with Gasteiger partial charge in [0.05, 0.1) is 15.1 Å². The Kier molecular flexibility index (Phi) is 5.24. The molecule has 26 heavy (non-hydrogen) atoms. The van der Waals surface area contributed by atoms with E-state index in [1.165, 1.54) is 0 Å². The van der Waals surface area contributed by atoms with Crippen molar-refractivity contribution in [3.05, 3.63) is 68.8 Å². The monoisotopic (exact) mass is 419 g/mol. The molecule has 2 aromatic carbocycles. The quantitative estimate of drug-likeness (QED) is 0.475. The van der Waals surface area contributed by atoms with Gasteiger partial charge in [-0.1, -0.05) is 40.9 Å². The smallest absolute Gasteiger partial charge is 0.361 e. The fourth-order valence-electron chi connectivity index (χ4n) is 2.82. The van der Waals surface area contributed by atoms with E-state index < -0.39 is 17.9 Å². The summed E-state index contributed by atoms with van der Waals surface area (Å²) in [5.74, 6) is -3.33. The summed E-state index contributed by atoms with van der Waals surface area (Å²) in [4.78, 5) is 15.5. The van der Waals surface area contributed by atoms with Crippen molar-refractivity contribution in [3.63, 3.8) is 0 Å². The fraction of sp³-hybridized carbons (Fsp3) is 0.167. The van der Waals surface area contributed by atoms with Gasteiger partial charge >= 0.3 is 6.18 Å². The highest BCUT2D eigenvalue weighted by atomic mass is 35.5. The molecule has 0 fully saturated rings. The molecule has 0 radical (unpaired) electrons. The molecule has 0 saturated heterocycles. The minimum absolute atomic E-state index is 0.0524. The molecule has 1 aromatic heterocycles. The van der Waals surface area contributed by atoms with Gasteiger partial charge in [-0.2, -0.15) is 13.2 Å². The number of aromatic amines is 1. The second-order valence-corrected chi connectivity index (χ2v) is 7.01. The predicted molar refractivity (Wildman–Crippen MR) is 97.3 cm³/mol. The Morgan fingerprint density at radius 3 is 2.31 bits per heavy atom. The van der Waals surface area contributed by atoms with Crippen LogP contribution in [0, 0.1) is 0 Å². The molecular formula is C18H11Cl3F3NO. The standard InChI is InChI=1S/C18H11Cl3F3NO/c19-12-7-11(8-13(20)17(12)21)16(18(22,23)24)15(26)6-9-1-2-14-10(5-9)3-4-25-14/h1-5,7-8,16,25H,6H2. The number of carbonyl (C=O) groups is 1. The first-order chi connectivity index (χ1) is 12.2. The van der Waals surface area contributed by atoms with Gasteiger partial charge < -0.3 is 4.98 Å². The average Bonchev–Trinajstić information content (AvgIpc) is 2.98. The molecule has 3 aromatic rings. The molecular weight excluding hydrogens is 410 g/mol. The highest BCUT2D eigenvalue weighted by Crippen LogP contribution is 2.41. The summed E-state index contributed by atoms with van der Waals surface area (Å²) < 4.78 is 40.7. The SMILES string of the molecule is O=C(Cc1ccc2[nH]ccc2c1)C(c1cc(Cl)c(Cl)c(Cl)c1)C(F)(F)F. The lowest BCUT2D eigenvalue weighted by molar-refractivity contribution is -0.163. The van der Waals surface area contributed by atoms with Crippen LogP contribution in [0.25, 0.3) is 10.9 Å². The minimum Gasteiger partial charge on any atom is -0.361 e. The van der Waals surface area contributed by atoms with Gasteiger partial charge in [0.1, 0.15) is 5.92 Å². The van der Waals surface area contributed by atoms with Crippen LogP contribution >= 0.6 is 34.8 Å². The number of halogens is 6. The van der Waals surface area contributed by atoms with Crippen LogP contribution < -0.4 is 0 Å². The summed E-state index contributed by atoms with van der Waals surface area (Å²) in [5.41, 5.74) is 0.997. The van der Waals surface area contributed by atoms with E-state index in [2.05, 4.69) is 4.98 Å². The summed E-state index contributed by atoms with van der Waals surface area (Å²) in [6.07, 6.45) is -3.44. The number of hydrogen-bond donors (Lipinski definition) is 1. The Morgan fingerprint density at radius 2 is 1.69 bits per heavy atom. The maximum Gasteiger partial charge on any atom is 0.402 e. The number of alkyl halides is 3. The molecule has 0 amide bonds. The van der Waals surface area contributed by atoms with Gasteiger partial charge in [0.25, 0.3) is 0 Å². The molecule has 8 heteroatoms. The van der Waals surface area contributed by atoms with Gasteiger partial charge in [-0.15, -0.1) is 0 Å². The Bertz CT molecular complexity index is 958. The maximum absolute atomic E-state index is 13.6. The average molecular weight is 421 g/mol. The third-order valence-corrected chi connectivity index (χ3v) is 5.18. The van der Waals surface area contributed by atoms with Crippen LogP contribution in [0.4, 0.5) is 13.2 Å². The molecule has 0 bridgehead atoms. The fourth-order valence-corrected chi connectivity index (χ4v) is 3.43. The van der Waals surface area contributed by atoms with Crippen LogP contribution in [0.5, 0.6) is 0 Å². The van der Waals surface area contributed by atoms with Crippen LogP contribution in [-0.2, 0) is 11.2 Å². The van der Waals surface area contributed by atoms with Crippen molar-refractivity contribution >= 4 is 51.5 Å². The van der Waals surface area contributed by atoms with E-state index in [4.69, 9.17) is 34.8 Å². The summed E-state index contributed by atoms with van der Waals surface area (Å²) in [5, 5.41) is 0.495. The first-order valence-electron chi connectivity index (χ1n) is 7.46. The van der Waals surface area contributed by atoms with Crippen molar-refractivity contribution in [1.82, 2.24) is 4.98 Å². The van der Waals surface area contributed by atoms with E-state index in [9.17, 15) is 18.0 Å². The lowest BCUT2D eigenvalue weighted by atomic mass is 9.90. The third-order valence-electron chi connectivity index (χ3n) is 3.98. The second kappa shape index (κ2) is 7.14. The zero-order chi connectivity index (χ0) is 19.1. The van der Waals surface area contributed by atoms with E-state index in [1.54, 1.807) is 30.5 Å². The van der Waals surface area contributed by atoms with E-state index in [1.807, 2.05) is 0 Å². The number of H-pyrrole nitrogens is 1. The normalized spacial score (nSPS) is 13.2. The van der Waals surface area contributed by atoms with Gasteiger partial charge in [0.15, 0.2) is 5.78 Å². The van der Waals surface area contributed by atoms with E-state index >= 15 is 0 Å². The molecule has 1 N–H and O–H groups in total. The number of benzene rings is 2. The molecule has 3 rings (SSSR count). The highest BCUT2D eigenvalue weighted by molar-refractivity contribution is 6.48. The molecule has 1 heterocycles. The Hall–Kier alpha value is -1.69.